The molecule has 1 aliphatic carbocycles. The van der Waals surface area contributed by atoms with Crippen LogP contribution in [-0.4, -0.2) is 20.6 Å². The number of nitrogens with zero attached hydrogens (tertiary/aromatic N) is 2. The second-order valence-electron chi connectivity index (χ2n) is 5.37. The summed E-state index contributed by atoms with van der Waals surface area (Å²) in [5.41, 5.74) is 3.38. The minimum atomic E-state index is -0.727. The molecule has 0 spiro atoms. The Balaban J connectivity index is 1.82. The molecule has 100 valence electrons. The van der Waals surface area contributed by atoms with Gasteiger partial charge in [-0.25, -0.2) is 4.98 Å². The van der Waals surface area contributed by atoms with Crippen molar-refractivity contribution in [2.24, 2.45) is 7.05 Å². The molecule has 0 saturated heterocycles. The van der Waals surface area contributed by atoms with Crippen LogP contribution in [0.4, 0.5) is 0 Å². The van der Waals surface area contributed by atoms with Crippen LogP contribution in [0.5, 0.6) is 0 Å². The molecule has 19 heavy (non-hydrogen) atoms. The van der Waals surface area contributed by atoms with Crippen LogP contribution in [0.1, 0.15) is 43.0 Å². The molecular formula is C15H18N2O2. The summed E-state index contributed by atoms with van der Waals surface area (Å²) in [6, 6.07) is 6.29. The van der Waals surface area contributed by atoms with E-state index in [1.54, 1.807) is 0 Å². The van der Waals surface area contributed by atoms with Gasteiger partial charge in [-0.1, -0.05) is 6.07 Å². The summed E-state index contributed by atoms with van der Waals surface area (Å²) in [5, 5.41) is 8.66. The van der Waals surface area contributed by atoms with E-state index in [2.05, 4.69) is 29.8 Å². The molecule has 1 fully saturated rings. The largest absolute Gasteiger partial charge is 0.481 e. The van der Waals surface area contributed by atoms with Crippen LogP contribution >= 0.6 is 0 Å². The number of aryl methyl sites for hydroxylation is 2. The van der Waals surface area contributed by atoms with Crippen LogP contribution in [0.3, 0.4) is 0 Å². The van der Waals surface area contributed by atoms with E-state index >= 15 is 0 Å². The summed E-state index contributed by atoms with van der Waals surface area (Å²) >= 11 is 0. The molecule has 1 heterocycles. The first-order valence-electron chi connectivity index (χ1n) is 6.82. The Kier molecular flexibility index (Phi) is 3.01. The van der Waals surface area contributed by atoms with Crippen molar-refractivity contribution in [1.29, 1.82) is 0 Å². The third-order valence-electron chi connectivity index (χ3n) is 3.78. The Morgan fingerprint density at radius 3 is 2.95 bits per heavy atom. The predicted molar refractivity (Wildman–Crippen MR) is 73.3 cm³/mol. The summed E-state index contributed by atoms with van der Waals surface area (Å²) in [6.07, 6.45) is 4.22. The number of fused-ring (bicyclic) bond motifs is 1. The summed E-state index contributed by atoms with van der Waals surface area (Å²) in [6.45, 7) is 0. The minimum absolute atomic E-state index is 0.230. The van der Waals surface area contributed by atoms with Gasteiger partial charge in [0.25, 0.3) is 0 Å². The number of carboxylic acid groups (broad SMARTS) is 1. The Morgan fingerprint density at radius 2 is 2.26 bits per heavy atom. The van der Waals surface area contributed by atoms with Crippen molar-refractivity contribution in [3.05, 3.63) is 29.6 Å². The highest BCUT2D eigenvalue weighted by atomic mass is 16.4. The molecule has 4 heteroatoms. The molecule has 0 amide bonds. The highest BCUT2D eigenvalue weighted by Crippen LogP contribution is 2.40. The maximum absolute atomic E-state index is 10.5. The van der Waals surface area contributed by atoms with E-state index in [1.165, 1.54) is 29.7 Å². The average molecular weight is 258 g/mol. The van der Waals surface area contributed by atoms with Gasteiger partial charge in [-0.15, -0.1) is 0 Å². The highest BCUT2D eigenvalue weighted by Gasteiger charge is 2.28. The summed E-state index contributed by atoms with van der Waals surface area (Å²) in [5.74, 6) is 1.11. The van der Waals surface area contributed by atoms with Crippen molar-refractivity contribution in [1.82, 2.24) is 9.55 Å². The quantitative estimate of drug-likeness (QED) is 0.897. The van der Waals surface area contributed by atoms with Crippen LogP contribution in [0, 0.1) is 0 Å². The van der Waals surface area contributed by atoms with E-state index in [4.69, 9.17) is 10.1 Å². The molecule has 2 aromatic rings. The fourth-order valence-electron chi connectivity index (χ4n) is 2.57. The molecule has 1 saturated carbocycles. The lowest BCUT2D eigenvalue weighted by Gasteiger charge is -2.01. The summed E-state index contributed by atoms with van der Waals surface area (Å²) < 4.78 is 2.19. The number of carbonyl (C=O) groups is 1. The zero-order valence-corrected chi connectivity index (χ0v) is 11.1. The zero-order valence-electron chi connectivity index (χ0n) is 11.1. The van der Waals surface area contributed by atoms with Crippen LogP contribution in [0.15, 0.2) is 18.2 Å². The summed E-state index contributed by atoms with van der Waals surface area (Å²) in [4.78, 5) is 15.2. The molecular weight excluding hydrogens is 240 g/mol. The van der Waals surface area contributed by atoms with Gasteiger partial charge in [-0.2, -0.15) is 0 Å². The van der Waals surface area contributed by atoms with Crippen molar-refractivity contribution >= 4 is 17.0 Å². The zero-order chi connectivity index (χ0) is 13.4. The molecule has 0 bridgehead atoms. The minimum Gasteiger partial charge on any atom is -0.481 e. The van der Waals surface area contributed by atoms with Gasteiger partial charge in [-0.05, 0) is 43.4 Å². The number of benzene rings is 1. The number of aliphatic carboxylic acids is 1. The van der Waals surface area contributed by atoms with Gasteiger partial charge in [-0.3, -0.25) is 4.79 Å². The van der Waals surface area contributed by atoms with Gasteiger partial charge in [0.15, 0.2) is 0 Å². The van der Waals surface area contributed by atoms with Gasteiger partial charge in [0.2, 0.25) is 0 Å². The van der Waals surface area contributed by atoms with Crippen LogP contribution in [0.25, 0.3) is 11.0 Å². The highest BCUT2D eigenvalue weighted by molar-refractivity contribution is 5.77. The van der Waals surface area contributed by atoms with Crippen molar-refractivity contribution in [3.8, 4) is 0 Å². The van der Waals surface area contributed by atoms with Gasteiger partial charge < -0.3 is 9.67 Å². The van der Waals surface area contributed by atoms with Crippen molar-refractivity contribution in [2.75, 3.05) is 0 Å². The number of aromatic nitrogens is 2. The molecule has 3 rings (SSSR count). The van der Waals surface area contributed by atoms with Gasteiger partial charge >= 0.3 is 5.97 Å². The van der Waals surface area contributed by atoms with Crippen LogP contribution in [0.2, 0.25) is 0 Å². The van der Waals surface area contributed by atoms with Crippen LogP contribution < -0.4 is 0 Å². The number of rotatable bonds is 5. The lowest BCUT2D eigenvalue weighted by Crippen LogP contribution is -1.96. The van der Waals surface area contributed by atoms with Gasteiger partial charge in [0, 0.05) is 19.4 Å². The van der Waals surface area contributed by atoms with Crippen molar-refractivity contribution in [2.45, 2.75) is 38.0 Å². The molecule has 0 unspecified atom stereocenters. The van der Waals surface area contributed by atoms with E-state index in [1.807, 2.05) is 0 Å². The third-order valence-corrected chi connectivity index (χ3v) is 3.78. The van der Waals surface area contributed by atoms with E-state index in [0.717, 1.165) is 11.9 Å². The summed E-state index contributed by atoms with van der Waals surface area (Å²) in [7, 11) is 2.08. The van der Waals surface area contributed by atoms with Gasteiger partial charge in [0.05, 0.1) is 11.0 Å². The molecule has 1 aliphatic rings. The molecule has 0 radical (unpaired) electrons. The molecule has 0 atom stereocenters. The maximum atomic E-state index is 10.5. The van der Waals surface area contributed by atoms with Crippen molar-refractivity contribution in [3.63, 3.8) is 0 Å². The van der Waals surface area contributed by atoms with Crippen molar-refractivity contribution < 1.29 is 9.90 Å². The number of hydrogen-bond acceptors (Lipinski definition) is 2. The maximum Gasteiger partial charge on any atom is 0.303 e. The second-order valence-corrected chi connectivity index (χ2v) is 5.37. The molecule has 1 aromatic heterocycles. The average Bonchev–Trinajstić information content (AvgIpc) is 3.15. The van der Waals surface area contributed by atoms with Gasteiger partial charge in [0.1, 0.15) is 5.82 Å². The normalized spacial score (nSPS) is 15.0. The Morgan fingerprint density at radius 1 is 1.47 bits per heavy atom. The standard InChI is InChI=1S/C15H18N2O2/c1-17-13-8-5-10(3-2-4-14(18)19)9-12(13)16-15(17)11-6-7-11/h5,8-9,11H,2-4,6-7H2,1H3,(H,18,19). The predicted octanol–water partition coefficient (Wildman–Crippen LogP) is 2.86. The Hall–Kier alpha value is -1.84. The first kappa shape index (κ1) is 12.2. The monoisotopic (exact) mass is 258 g/mol. The lowest BCUT2D eigenvalue weighted by atomic mass is 10.1. The van der Waals surface area contributed by atoms with E-state index < -0.39 is 5.97 Å². The molecule has 1 aromatic carbocycles. The Bertz CT molecular complexity index is 626. The van der Waals surface area contributed by atoms with Crippen LogP contribution in [-0.2, 0) is 18.3 Å². The third kappa shape index (κ3) is 2.48. The first-order chi connectivity index (χ1) is 9.15. The molecule has 0 aliphatic heterocycles. The topological polar surface area (TPSA) is 55.1 Å². The Labute approximate surface area is 112 Å². The fourth-order valence-corrected chi connectivity index (χ4v) is 2.57. The number of carboxylic acids is 1. The van der Waals surface area contributed by atoms with E-state index in [9.17, 15) is 4.79 Å². The van der Waals surface area contributed by atoms with E-state index in [-0.39, 0.29) is 6.42 Å². The van der Waals surface area contributed by atoms with E-state index in [0.29, 0.717) is 12.3 Å². The smallest absolute Gasteiger partial charge is 0.303 e. The number of hydrogen-bond donors (Lipinski definition) is 1. The second kappa shape index (κ2) is 4.68. The molecule has 4 nitrogen and oxygen atoms in total. The molecule has 1 N–H and O–H groups in total. The first-order valence-corrected chi connectivity index (χ1v) is 6.82. The lowest BCUT2D eigenvalue weighted by molar-refractivity contribution is -0.137. The number of imidazole rings is 1. The SMILES string of the molecule is Cn1c(C2CC2)nc2cc(CCCC(=O)O)ccc21. The fraction of sp³-hybridized carbons (Fsp3) is 0.467.